The molecule has 0 aliphatic rings. The van der Waals surface area contributed by atoms with Gasteiger partial charge in [-0.05, 0) is 20.8 Å². The summed E-state index contributed by atoms with van der Waals surface area (Å²) in [6, 6.07) is 0. The van der Waals surface area contributed by atoms with E-state index in [9.17, 15) is 0 Å². The van der Waals surface area contributed by atoms with Gasteiger partial charge in [0.05, 0.1) is 5.60 Å². The van der Waals surface area contributed by atoms with E-state index in [1.54, 1.807) is 30.3 Å². The summed E-state index contributed by atoms with van der Waals surface area (Å²) >= 11 is 0. The van der Waals surface area contributed by atoms with Gasteiger partial charge in [-0.3, -0.25) is 4.57 Å². The van der Waals surface area contributed by atoms with Crippen LogP contribution in [0.4, 0.5) is 11.9 Å². The van der Waals surface area contributed by atoms with Gasteiger partial charge < -0.3 is 15.4 Å². The minimum absolute atomic E-state index is 0.295. The first-order valence-electron chi connectivity index (χ1n) is 6.84. The van der Waals surface area contributed by atoms with Crippen LogP contribution >= 0.6 is 0 Å². The Morgan fingerprint density at radius 1 is 1.24 bits per heavy atom. The first-order valence-corrected chi connectivity index (χ1v) is 6.84. The lowest BCUT2D eigenvalue weighted by Crippen LogP contribution is -2.34. The van der Waals surface area contributed by atoms with Crippen molar-refractivity contribution in [3.05, 3.63) is 18.7 Å². The Hall–Kier alpha value is -2.22. The minimum Gasteiger partial charge on any atom is -0.374 e. The standard InChI is InChI=1S/C13H21N7O/c1-5-21-13(2,3)8-16-11-17-10(14-4)18-12(19-11)20-7-6-15-9-20/h6-7,9H,5,8H2,1-4H3,(H2,14,16,17,18,19). The molecule has 8 heteroatoms. The second-order valence-electron chi connectivity index (χ2n) is 5.05. The molecule has 2 N–H and O–H groups in total. The van der Waals surface area contributed by atoms with Crippen LogP contribution < -0.4 is 10.6 Å². The van der Waals surface area contributed by atoms with E-state index in [1.165, 1.54) is 0 Å². The number of nitrogens with one attached hydrogen (secondary N) is 2. The summed E-state index contributed by atoms with van der Waals surface area (Å²) in [5, 5.41) is 6.11. The van der Waals surface area contributed by atoms with Crippen LogP contribution in [0.25, 0.3) is 5.95 Å². The molecule has 0 radical (unpaired) electrons. The molecule has 0 saturated heterocycles. The van der Waals surface area contributed by atoms with Gasteiger partial charge >= 0.3 is 0 Å². The number of aromatic nitrogens is 5. The van der Waals surface area contributed by atoms with E-state index >= 15 is 0 Å². The average molecular weight is 291 g/mol. The zero-order valence-electron chi connectivity index (χ0n) is 12.8. The topological polar surface area (TPSA) is 89.8 Å². The number of anilines is 2. The summed E-state index contributed by atoms with van der Waals surface area (Å²) in [4.78, 5) is 17.0. The van der Waals surface area contributed by atoms with Crippen LogP contribution in [0.5, 0.6) is 0 Å². The van der Waals surface area contributed by atoms with Crippen molar-refractivity contribution in [1.82, 2.24) is 24.5 Å². The molecule has 2 aromatic rings. The van der Waals surface area contributed by atoms with Crippen molar-refractivity contribution in [2.45, 2.75) is 26.4 Å². The largest absolute Gasteiger partial charge is 0.374 e. The molecule has 0 aliphatic carbocycles. The number of hydrogen-bond donors (Lipinski definition) is 2. The minimum atomic E-state index is -0.295. The van der Waals surface area contributed by atoms with Crippen molar-refractivity contribution in [3.8, 4) is 5.95 Å². The number of rotatable bonds is 7. The van der Waals surface area contributed by atoms with E-state index in [1.807, 2.05) is 20.8 Å². The molecule has 2 rings (SSSR count). The highest BCUT2D eigenvalue weighted by Crippen LogP contribution is 2.12. The van der Waals surface area contributed by atoms with Crippen LogP contribution in [0.1, 0.15) is 20.8 Å². The molecule has 0 spiro atoms. The predicted octanol–water partition coefficient (Wildman–Crippen LogP) is 1.33. The van der Waals surface area contributed by atoms with Crippen LogP contribution in [0, 0.1) is 0 Å². The quantitative estimate of drug-likeness (QED) is 0.795. The Morgan fingerprint density at radius 3 is 2.62 bits per heavy atom. The first kappa shape index (κ1) is 15.2. The highest BCUT2D eigenvalue weighted by molar-refractivity contribution is 5.37. The fraction of sp³-hybridized carbons (Fsp3) is 0.538. The van der Waals surface area contributed by atoms with E-state index in [2.05, 4.69) is 30.6 Å². The number of hydrogen-bond acceptors (Lipinski definition) is 7. The molecule has 0 aliphatic heterocycles. The monoisotopic (exact) mass is 291 g/mol. The maximum absolute atomic E-state index is 5.65. The van der Waals surface area contributed by atoms with Gasteiger partial charge in [0.25, 0.3) is 0 Å². The Balaban J connectivity index is 2.18. The SMILES string of the molecule is CCOC(C)(C)CNc1nc(NC)nc(-n2ccnc2)n1. The maximum atomic E-state index is 5.65. The van der Waals surface area contributed by atoms with Crippen LogP contribution in [0.3, 0.4) is 0 Å². The average Bonchev–Trinajstić information content (AvgIpc) is 2.99. The van der Waals surface area contributed by atoms with Gasteiger partial charge in [0.15, 0.2) is 0 Å². The summed E-state index contributed by atoms with van der Waals surface area (Å²) in [7, 11) is 1.76. The molecule has 0 aromatic carbocycles. The number of ether oxygens (including phenoxy) is 1. The second-order valence-corrected chi connectivity index (χ2v) is 5.05. The van der Waals surface area contributed by atoms with Crippen molar-refractivity contribution in [1.29, 1.82) is 0 Å². The molecular weight excluding hydrogens is 270 g/mol. The normalized spacial score (nSPS) is 11.4. The van der Waals surface area contributed by atoms with E-state index in [0.717, 1.165) is 0 Å². The third kappa shape index (κ3) is 4.12. The Morgan fingerprint density at radius 2 is 2.00 bits per heavy atom. The van der Waals surface area contributed by atoms with Gasteiger partial charge in [-0.25, -0.2) is 4.98 Å². The van der Waals surface area contributed by atoms with Gasteiger partial charge in [0, 0.05) is 32.6 Å². The first-order chi connectivity index (χ1) is 10.0. The van der Waals surface area contributed by atoms with E-state index in [-0.39, 0.29) is 5.60 Å². The zero-order chi connectivity index (χ0) is 15.3. The molecule has 2 heterocycles. The van der Waals surface area contributed by atoms with Crippen molar-refractivity contribution < 1.29 is 4.74 Å². The van der Waals surface area contributed by atoms with Crippen molar-refractivity contribution >= 4 is 11.9 Å². The van der Waals surface area contributed by atoms with Crippen molar-refractivity contribution in [3.63, 3.8) is 0 Å². The Bertz CT molecular complexity index is 568. The zero-order valence-corrected chi connectivity index (χ0v) is 12.8. The van der Waals surface area contributed by atoms with Crippen LogP contribution in [-0.2, 0) is 4.74 Å². The molecule has 0 amide bonds. The fourth-order valence-corrected chi connectivity index (χ4v) is 1.78. The third-order valence-corrected chi connectivity index (χ3v) is 2.79. The summed E-state index contributed by atoms with van der Waals surface area (Å²) < 4.78 is 7.37. The van der Waals surface area contributed by atoms with Gasteiger partial charge in [-0.2, -0.15) is 15.0 Å². The van der Waals surface area contributed by atoms with Crippen molar-refractivity contribution in [2.24, 2.45) is 0 Å². The molecule has 0 atom stereocenters. The van der Waals surface area contributed by atoms with Crippen LogP contribution in [0.15, 0.2) is 18.7 Å². The highest BCUT2D eigenvalue weighted by Gasteiger charge is 2.18. The molecule has 2 aromatic heterocycles. The molecule has 0 unspecified atom stereocenters. The van der Waals surface area contributed by atoms with Gasteiger partial charge in [0.2, 0.25) is 17.8 Å². The summed E-state index contributed by atoms with van der Waals surface area (Å²) in [5.74, 6) is 1.49. The fourth-order valence-electron chi connectivity index (χ4n) is 1.78. The number of nitrogens with zero attached hydrogens (tertiary/aromatic N) is 5. The van der Waals surface area contributed by atoms with Crippen LogP contribution in [0.2, 0.25) is 0 Å². The molecule has 21 heavy (non-hydrogen) atoms. The lowest BCUT2D eigenvalue weighted by Gasteiger charge is -2.24. The predicted molar refractivity (Wildman–Crippen MR) is 80.7 cm³/mol. The summed E-state index contributed by atoms with van der Waals surface area (Å²) in [6.45, 7) is 7.26. The summed E-state index contributed by atoms with van der Waals surface area (Å²) in [5.41, 5.74) is -0.295. The smallest absolute Gasteiger partial charge is 0.241 e. The molecular formula is C13H21N7O. The summed E-state index contributed by atoms with van der Waals surface area (Å²) in [6.07, 6.45) is 5.10. The highest BCUT2D eigenvalue weighted by atomic mass is 16.5. The number of imidazole rings is 1. The molecule has 8 nitrogen and oxygen atoms in total. The van der Waals surface area contributed by atoms with Crippen LogP contribution in [-0.4, -0.2) is 50.3 Å². The van der Waals surface area contributed by atoms with E-state index in [0.29, 0.717) is 31.0 Å². The van der Waals surface area contributed by atoms with E-state index < -0.39 is 0 Å². The van der Waals surface area contributed by atoms with Crippen molar-refractivity contribution in [2.75, 3.05) is 30.8 Å². The lowest BCUT2D eigenvalue weighted by molar-refractivity contribution is 0.000579. The lowest BCUT2D eigenvalue weighted by atomic mass is 10.1. The van der Waals surface area contributed by atoms with Gasteiger partial charge in [-0.15, -0.1) is 0 Å². The Labute approximate surface area is 124 Å². The molecule has 114 valence electrons. The molecule has 0 fully saturated rings. The maximum Gasteiger partial charge on any atom is 0.241 e. The third-order valence-electron chi connectivity index (χ3n) is 2.79. The van der Waals surface area contributed by atoms with E-state index in [4.69, 9.17) is 4.74 Å². The Kier molecular flexibility index (Phi) is 4.69. The van der Waals surface area contributed by atoms with Gasteiger partial charge in [-0.1, -0.05) is 0 Å². The van der Waals surface area contributed by atoms with Gasteiger partial charge in [0.1, 0.15) is 6.33 Å². The second kappa shape index (κ2) is 6.49. The molecule has 0 saturated carbocycles. The molecule has 0 bridgehead atoms.